The Bertz CT molecular complexity index is 818. The van der Waals surface area contributed by atoms with Crippen LogP contribution in [0.15, 0.2) is 24.3 Å². The highest BCUT2D eigenvalue weighted by Gasteiger charge is 2.36. The van der Waals surface area contributed by atoms with E-state index in [-0.39, 0.29) is 17.4 Å². The smallest absolute Gasteiger partial charge is 0.326 e. The molecule has 1 fully saturated rings. The van der Waals surface area contributed by atoms with Crippen LogP contribution < -0.4 is 0 Å². The molecule has 0 saturated carbocycles. The highest BCUT2D eigenvalue weighted by atomic mass is 19.1. The predicted octanol–water partition coefficient (Wildman–Crippen LogP) is 2.22. The minimum atomic E-state index is -1.04. The Morgan fingerprint density at radius 3 is 2.68 bits per heavy atom. The molecule has 1 aromatic heterocycles. The topological polar surface area (TPSA) is 88.3 Å². The second-order valence-electron chi connectivity index (χ2n) is 6.31. The molecule has 132 valence electrons. The van der Waals surface area contributed by atoms with E-state index >= 15 is 0 Å². The fraction of sp³-hybridized carbons (Fsp3) is 0.412. The van der Waals surface area contributed by atoms with Crippen molar-refractivity contribution in [1.82, 2.24) is 19.7 Å². The van der Waals surface area contributed by atoms with Crippen LogP contribution in [0.1, 0.15) is 49.1 Å². The largest absolute Gasteiger partial charge is 0.480 e. The zero-order valence-corrected chi connectivity index (χ0v) is 14.0. The Balaban J connectivity index is 2.01. The van der Waals surface area contributed by atoms with Crippen molar-refractivity contribution in [3.05, 3.63) is 41.7 Å². The highest BCUT2D eigenvalue weighted by molar-refractivity contribution is 5.94. The molecule has 1 N–H and O–H groups in total. The van der Waals surface area contributed by atoms with E-state index in [1.54, 1.807) is 18.2 Å². The first-order valence-corrected chi connectivity index (χ1v) is 8.15. The molecule has 0 spiro atoms. The maximum atomic E-state index is 14.1. The van der Waals surface area contributed by atoms with Gasteiger partial charge in [-0.3, -0.25) is 4.79 Å². The minimum Gasteiger partial charge on any atom is -0.480 e. The molecule has 0 aliphatic carbocycles. The Labute approximate surface area is 144 Å². The van der Waals surface area contributed by atoms with Crippen LogP contribution in [0.5, 0.6) is 0 Å². The Kier molecular flexibility index (Phi) is 4.52. The van der Waals surface area contributed by atoms with Crippen LogP contribution in [-0.2, 0) is 4.79 Å². The molecular formula is C17H19FN4O3. The zero-order chi connectivity index (χ0) is 18.1. The van der Waals surface area contributed by atoms with Crippen LogP contribution >= 0.6 is 0 Å². The van der Waals surface area contributed by atoms with E-state index in [1.165, 1.54) is 15.6 Å². The average molecular weight is 346 g/mol. The quantitative estimate of drug-likeness (QED) is 0.917. The van der Waals surface area contributed by atoms with E-state index in [0.29, 0.717) is 25.2 Å². The van der Waals surface area contributed by atoms with E-state index in [0.717, 1.165) is 0 Å². The number of carboxylic acids is 1. The van der Waals surface area contributed by atoms with Gasteiger partial charge in [0.15, 0.2) is 0 Å². The van der Waals surface area contributed by atoms with Crippen LogP contribution in [0.3, 0.4) is 0 Å². The number of amides is 1. The fourth-order valence-electron chi connectivity index (χ4n) is 2.98. The van der Waals surface area contributed by atoms with Crippen LogP contribution in [-0.4, -0.2) is 49.2 Å². The Morgan fingerprint density at radius 2 is 2.04 bits per heavy atom. The van der Waals surface area contributed by atoms with Gasteiger partial charge in [0.2, 0.25) is 5.82 Å². The Morgan fingerprint density at radius 1 is 1.32 bits per heavy atom. The number of nitrogens with zero attached hydrogens (tertiary/aromatic N) is 4. The van der Waals surface area contributed by atoms with Crippen molar-refractivity contribution in [3.63, 3.8) is 0 Å². The molecular weight excluding hydrogens is 327 g/mol. The maximum Gasteiger partial charge on any atom is 0.326 e. The molecule has 2 aromatic rings. The van der Waals surface area contributed by atoms with Crippen molar-refractivity contribution in [2.75, 3.05) is 6.54 Å². The van der Waals surface area contributed by atoms with Gasteiger partial charge in [0, 0.05) is 12.5 Å². The van der Waals surface area contributed by atoms with E-state index in [1.807, 2.05) is 13.8 Å². The summed E-state index contributed by atoms with van der Waals surface area (Å²) in [5, 5.41) is 13.4. The lowest BCUT2D eigenvalue weighted by molar-refractivity contribution is -0.141. The summed E-state index contributed by atoms with van der Waals surface area (Å²) in [6.07, 6.45) is 1.03. The molecule has 1 aliphatic rings. The summed E-state index contributed by atoms with van der Waals surface area (Å²) in [5.74, 6) is -1.81. The van der Waals surface area contributed by atoms with Crippen molar-refractivity contribution in [3.8, 4) is 5.69 Å². The number of aliphatic carboxylic acids is 1. The molecule has 8 heteroatoms. The molecule has 1 aliphatic heterocycles. The number of halogens is 1. The molecule has 2 heterocycles. The van der Waals surface area contributed by atoms with Gasteiger partial charge in [0.1, 0.15) is 23.4 Å². The number of aromatic nitrogens is 3. The molecule has 0 bridgehead atoms. The molecule has 1 saturated heterocycles. The van der Waals surface area contributed by atoms with E-state index in [9.17, 15) is 19.1 Å². The van der Waals surface area contributed by atoms with E-state index in [4.69, 9.17) is 0 Å². The number of carbonyl (C=O) groups is 2. The fourth-order valence-corrected chi connectivity index (χ4v) is 2.98. The van der Waals surface area contributed by atoms with Gasteiger partial charge in [0.05, 0.1) is 0 Å². The van der Waals surface area contributed by atoms with Gasteiger partial charge in [-0.25, -0.2) is 18.9 Å². The summed E-state index contributed by atoms with van der Waals surface area (Å²) >= 11 is 0. The number of carboxylic acid groups (broad SMARTS) is 1. The standard InChI is InChI=1S/C17H19FN4O3/c1-10(2)15-19-14(16(23)21-9-5-8-13(21)17(24)25)20-22(15)12-7-4-3-6-11(12)18/h3-4,6-7,10,13H,5,8-9H2,1-2H3,(H,24,25)/t13-/m1/s1. The van der Waals surface area contributed by atoms with Crippen LogP contribution in [0, 0.1) is 5.82 Å². The molecule has 25 heavy (non-hydrogen) atoms. The van der Waals surface area contributed by atoms with Gasteiger partial charge in [-0.1, -0.05) is 26.0 Å². The van der Waals surface area contributed by atoms with Crippen LogP contribution in [0.25, 0.3) is 5.69 Å². The molecule has 0 unspecified atom stereocenters. The third-order valence-corrected chi connectivity index (χ3v) is 4.22. The summed E-state index contributed by atoms with van der Waals surface area (Å²) in [7, 11) is 0. The first-order valence-electron chi connectivity index (χ1n) is 8.15. The first kappa shape index (κ1) is 17.1. The van der Waals surface area contributed by atoms with Crippen molar-refractivity contribution < 1.29 is 19.1 Å². The van der Waals surface area contributed by atoms with Gasteiger partial charge >= 0.3 is 5.97 Å². The lowest BCUT2D eigenvalue weighted by atomic mass is 10.2. The van der Waals surface area contributed by atoms with Gasteiger partial charge in [-0.05, 0) is 25.0 Å². The third kappa shape index (κ3) is 3.11. The van der Waals surface area contributed by atoms with Gasteiger partial charge < -0.3 is 10.0 Å². The van der Waals surface area contributed by atoms with Gasteiger partial charge in [-0.2, -0.15) is 0 Å². The number of hydrogen-bond acceptors (Lipinski definition) is 4. The summed E-state index contributed by atoms with van der Waals surface area (Å²) in [4.78, 5) is 29.5. The molecule has 7 nitrogen and oxygen atoms in total. The van der Waals surface area contributed by atoms with Crippen molar-refractivity contribution in [2.45, 2.75) is 38.6 Å². The summed E-state index contributed by atoms with van der Waals surface area (Å²) in [6.45, 7) is 4.08. The predicted molar refractivity (Wildman–Crippen MR) is 87.1 cm³/mol. The lowest BCUT2D eigenvalue weighted by Crippen LogP contribution is -2.40. The minimum absolute atomic E-state index is 0.0949. The monoisotopic (exact) mass is 346 g/mol. The zero-order valence-electron chi connectivity index (χ0n) is 14.0. The molecule has 1 aromatic carbocycles. The first-order chi connectivity index (χ1) is 11.9. The van der Waals surface area contributed by atoms with E-state index in [2.05, 4.69) is 10.1 Å². The normalized spacial score (nSPS) is 17.3. The number of benzene rings is 1. The van der Waals surface area contributed by atoms with Gasteiger partial charge in [-0.15, -0.1) is 5.10 Å². The summed E-state index contributed by atoms with van der Waals surface area (Å²) in [5.41, 5.74) is 0.203. The number of carbonyl (C=O) groups excluding carboxylic acids is 1. The second-order valence-corrected chi connectivity index (χ2v) is 6.31. The average Bonchev–Trinajstić information content (AvgIpc) is 3.22. The number of rotatable bonds is 4. The van der Waals surface area contributed by atoms with Crippen molar-refractivity contribution >= 4 is 11.9 Å². The number of hydrogen-bond donors (Lipinski definition) is 1. The van der Waals surface area contributed by atoms with Crippen molar-refractivity contribution in [1.29, 1.82) is 0 Å². The number of para-hydroxylation sites is 1. The third-order valence-electron chi connectivity index (χ3n) is 4.22. The highest BCUT2D eigenvalue weighted by Crippen LogP contribution is 2.23. The lowest BCUT2D eigenvalue weighted by Gasteiger charge is -2.19. The molecule has 0 radical (unpaired) electrons. The Hall–Kier alpha value is -2.77. The maximum absolute atomic E-state index is 14.1. The number of likely N-dealkylation sites (tertiary alicyclic amines) is 1. The summed E-state index contributed by atoms with van der Waals surface area (Å²) < 4.78 is 15.5. The molecule has 1 amide bonds. The van der Waals surface area contributed by atoms with Crippen molar-refractivity contribution in [2.24, 2.45) is 0 Å². The molecule has 1 atom stereocenters. The van der Waals surface area contributed by atoms with Gasteiger partial charge in [0.25, 0.3) is 5.91 Å². The summed E-state index contributed by atoms with van der Waals surface area (Å²) in [6, 6.07) is 5.24. The van der Waals surface area contributed by atoms with Crippen LogP contribution in [0.4, 0.5) is 4.39 Å². The van der Waals surface area contributed by atoms with E-state index < -0.39 is 23.7 Å². The SMILES string of the molecule is CC(C)c1nc(C(=O)N2CCC[C@@H]2C(=O)O)nn1-c1ccccc1F. The molecule has 3 rings (SSSR count). The van der Waals surface area contributed by atoms with Crippen LogP contribution in [0.2, 0.25) is 0 Å². The second kappa shape index (κ2) is 6.62.